The van der Waals surface area contributed by atoms with Crippen LogP contribution in [0.2, 0.25) is 0 Å². The van der Waals surface area contributed by atoms with Gasteiger partial charge in [0.25, 0.3) is 5.69 Å². The number of hydrogen-bond acceptors (Lipinski definition) is 5. The number of nitrogens with one attached hydrogen (secondary N) is 2. The van der Waals surface area contributed by atoms with Crippen molar-refractivity contribution in [2.45, 2.75) is 13.1 Å². The van der Waals surface area contributed by atoms with Gasteiger partial charge in [0.05, 0.1) is 10.5 Å². The third kappa shape index (κ3) is 3.60. The van der Waals surface area contributed by atoms with Crippen LogP contribution in [0, 0.1) is 17.0 Å². The summed E-state index contributed by atoms with van der Waals surface area (Å²) >= 11 is 0. The van der Waals surface area contributed by atoms with E-state index in [0.29, 0.717) is 11.4 Å². The van der Waals surface area contributed by atoms with E-state index >= 15 is 0 Å². The number of nitro groups is 1. The molecule has 0 saturated carbocycles. The van der Waals surface area contributed by atoms with Crippen molar-refractivity contribution in [2.75, 3.05) is 5.32 Å². The molecule has 3 aromatic carbocycles. The summed E-state index contributed by atoms with van der Waals surface area (Å²) in [6.07, 6.45) is -0.585. The first-order chi connectivity index (χ1) is 14.0. The first-order valence-corrected chi connectivity index (χ1v) is 9.23. The fraction of sp³-hybridized carbons (Fsp3) is 0.0870. The van der Waals surface area contributed by atoms with Gasteiger partial charge < -0.3 is 10.6 Å². The summed E-state index contributed by atoms with van der Waals surface area (Å²) in [7, 11) is 0. The minimum absolute atomic E-state index is 0.0326. The smallest absolute Gasteiger partial charge is 0.276 e. The van der Waals surface area contributed by atoms with E-state index in [4.69, 9.17) is 4.99 Å². The third-order valence-electron chi connectivity index (χ3n) is 4.90. The average Bonchev–Trinajstić information content (AvgIpc) is 2.74. The molecule has 2 N–H and O–H groups in total. The lowest BCUT2D eigenvalue weighted by Gasteiger charge is -2.27. The largest absolute Gasteiger partial charge is 0.359 e. The monoisotopic (exact) mass is 384 g/mol. The lowest BCUT2D eigenvalue weighted by molar-refractivity contribution is -0.385. The molecule has 0 bridgehead atoms. The molecule has 0 amide bonds. The molecular weight excluding hydrogens is 364 g/mol. The summed E-state index contributed by atoms with van der Waals surface area (Å²) in [5, 5.41) is 18.1. The zero-order chi connectivity index (χ0) is 20.4. The highest BCUT2D eigenvalue weighted by molar-refractivity contribution is 6.08. The minimum atomic E-state index is -0.585. The Morgan fingerprint density at radius 1 is 1.07 bits per heavy atom. The van der Waals surface area contributed by atoms with Crippen molar-refractivity contribution in [2.24, 2.45) is 4.99 Å². The number of nitrogens with zero attached hydrogens (tertiary/aromatic N) is 2. The highest BCUT2D eigenvalue weighted by Gasteiger charge is 2.27. The van der Waals surface area contributed by atoms with Gasteiger partial charge in [0.1, 0.15) is 5.84 Å². The Bertz CT molecular complexity index is 1140. The Morgan fingerprint density at radius 3 is 2.55 bits per heavy atom. The van der Waals surface area contributed by atoms with Crippen molar-refractivity contribution in [1.29, 1.82) is 0 Å². The predicted octanol–water partition coefficient (Wildman–Crippen LogP) is 5.03. The molecule has 1 aliphatic heterocycles. The van der Waals surface area contributed by atoms with Crippen molar-refractivity contribution >= 4 is 22.9 Å². The molecule has 3 aromatic rings. The number of amidine groups is 1. The van der Waals surface area contributed by atoms with Gasteiger partial charge in [-0.15, -0.1) is 0 Å². The second kappa shape index (κ2) is 7.59. The van der Waals surface area contributed by atoms with Crippen LogP contribution in [0.25, 0.3) is 5.70 Å². The van der Waals surface area contributed by atoms with E-state index < -0.39 is 6.17 Å². The molecule has 0 spiro atoms. The van der Waals surface area contributed by atoms with Gasteiger partial charge in [-0.25, -0.2) is 4.99 Å². The quantitative estimate of drug-likeness (QED) is 0.488. The Balaban J connectivity index is 1.75. The minimum Gasteiger partial charge on any atom is -0.359 e. The summed E-state index contributed by atoms with van der Waals surface area (Å²) in [4.78, 5) is 15.9. The maximum atomic E-state index is 11.5. The van der Waals surface area contributed by atoms with Crippen LogP contribution >= 0.6 is 0 Å². The van der Waals surface area contributed by atoms with E-state index in [9.17, 15) is 10.1 Å². The molecule has 1 heterocycles. The molecule has 0 aromatic heterocycles. The maximum Gasteiger partial charge on any atom is 0.276 e. The van der Waals surface area contributed by atoms with Gasteiger partial charge >= 0.3 is 0 Å². The first-order valence-electron chi connectivity index (χ1n) is 9.23. The molecule has 144 valence electrons. The van der Waals surface area contributed by atoms with Crippen LogP contribution in [0.3, 0.4) is 0 Å². The van der Waals surface area contributed by atoms with Crippen LogP contribution < -0.4 is 10.6 Å². The number of nitro benzene ring substituents is 1. The topological polar surface area (TPSA) is 79.6 Å². The molecule has 0 aliphatic carbocycles. The van der Waals surface area contributed by atoms with Crippen molar-refractivity contribution < 1.29 is 4.92 Å². The zero-order valence-electron chi connectivity index (χ0n) is 15.9. The fourth-order valence-corrected chi connectivity index (χ4v) is 3.45. The molecule has 1 aliphatic rings. The van der Waals surface area contributed by atoms with Crippen LogP contribution in [0.15, 0.2) is 84.4 Å². The van der Waals surface area contributed by atoms with Crippen molar-refractivity contribution in [3.8, 4) is 0 Å². The summed E-state index contributed by atoms with van der Waals surface area (Å²) in [5.74, 6) is 0.621. The summed E-state index contributed by atoms with van der Waals surface area (Å²) in [5.41, 5.74) is 5.09. The zero-order valence-corrected chi connectivity index (χ0v) is 15.9. The summed E-state index contributed by atoms with van der Waals surface area (Å²) in [6, 6.07) is 22.3. The van der Waals surface area contributed by atoms with E-state index in [2.05, 4.69) is 17.2 Å². The highest BCUT2D eigenvalue weighted by atomic mass is 16.6. The van der Waals surface area contributed by atoms with E-state index in [1.807, 2.05) is 55.5 Å². The molecule has 4 rings (SSSR count). The lowest BCUT2D eigenvalue weighted by atomic mass is 10.0. The van der Waals surface area contributed by atoms with Gasteiger partial charge in [0.2, 0.25) is 0 Å². The second-order valence-electron chi connectivity index (χ2n) is 6.80. The maximum absolute atomic E-state index is 11.5. The summed E-state index contributed by atoms with van der Waals surface area (Å²) < 4.78 is 0. The molecule has 6 heteroatoms. The van der Waals surface area contributed by atoms with Crippen LogP contribution in [-0.4, -0.2) is 10.8 Å². The number of para-hydroxylation sites is 2. The number of aliphatic imine (C=N–C) groups is 1. The van der Waals surface area contributed by atoms with Gasteiger partial charge in [-0.2, -0.15) is 0 Å². The second-order valence-corrected chi connectivity index (χ2v) is 6.80. The summed E-state index contributed by atoms with van der Waals surface area (Å²) in [6.45, 7) is 6.20. The Kier molecular flexibility index (Phi) is 4.83. The number of rotatable bonds is 4. The first kappa shape index (κ1) is 18.4. The predicted molar refractivity (Wildman–Crippen MR) is 116 cm³/mol. The molecule has 1 unspecified atom stereocenters. The molecule has 1 atom stereocenters. The normalized spacial score (nSPS) is 14.9. The Morgan fingerprint density at radius 2 is 1.76 bits per heavy atom. The number of hydrogen-bond donors (Lipinski definition) is 2. The van der Waals surface area contributed by atoms with Crippen LogP contribution in [0.4, 0.5) is 11.4 Å². The molecule has 0 fully saturated rings. The standard InChI is InChI=1S/C23H20N4O2/c1-15-9-3-4-10-17(15)16(2)24-22-18-11-5-7-13-20(18)25-23(26-22)19-12-6-8-14-21(19)27(28)29/h3-14,23,25H,2H2,1H3,(H,24,26). The average molecular weight is 384 g/mol. The molecule has 0 saturated heterocycles. The van der Waals surface area contributed by atoms with E-state index in [1.165, 1.54) is 6.07 Å². The van der Waals surface area contributed by atoms with Gasteiger partial charge in [-0.1, -0.05) is 55.1 Å². The van der Waals surface area contributed by atoms with Gasteiger partial charge in [-0.3, -0.25) is 10.1 Å². The Labute approximate surface area is 168 Å². The lowest BCUT2D eigenvalue weighted by Crippen LogP contribution is -2.30. The van der Waals surface area contributed by atoms with Crippen molar-refractivity contribution in [3.05, 3.63) is 112 Å². The number of anilines is 1. The van der Waals surface area contributed by atoms with Crippen LogP contribution in [0.5, 0.6) is 0 Å². The van der Waals surface area contributed by atoms with Gasteiger partial charge in [-0.05, 0) is 30.7 Å². The number of benzene rings is 3. The third-order valence-corrected chi connectivity index (χ3v) is 4.90. The van der Waals surface area contributed by atoms with Crippen molar-refractivity contribution in [1.82, 2.24) is 5.32 Å². The fourth-order valence-electron chi connectivity index (χ4n) is 3.45. The molecule has 6 nitrogen and oxygen atoms in total. The van der Waals surface area contributed by atoms with E-state index in [-0.39, 0.29) is 10.6 Å². The SMILES string of the molecule is C=C(NC1=NC(c2ccccc2[N+](=O)[O-])Nc2ccccc21)c1ccccc1C. The highest BCUT2D eigenvalue weighted by Crippen LogP contribution is 2.34. The van der Waals surface area contributed by atoms with Crippen molar-refractivity contribution in [3.63, 3.8) is 0 Å². The van der Waals surface area contributed by atoms with Crippen LogP contribution in [-0.2, 0) is 0 Å². The van der Waals surface area contributed by atoms with E-state index in [0.717, 1.165) is 28.1 Å². The van der Waals surface area contributed by atoms with Gasteiger partial charge in [0.15, 0.2) is 6.17 Å². The molecule has 29 heavy (non-hydrogen) atoms. The molecular formula is C23H20N4O2. The number of fused-ring (bicyclic) bond motifs is 1. The van der Waals surface area contributed by atoms with Crippen LogP contribution in [0.1, 0.15) is 28.4 Å². The molecule has 0 radical (unpaired) electrons. The van der Waals surface area contributed by atoms with E-state index in [1.54, 1.807) is 18.2 Å². The van der Waals surface area contributed by atoms with Gasteiger partial charge in [0, 0.05) is 28.6 Å². The Hall–Kier alpha value is -3.93. The number of aryl methyl sites for hydroxylation is 1.